The first-order chi connectivity index (χ1) is 7.54. The van der Waals surface area contributed by atoms with Crippen LogP contribution in [0.3, 0.4) is 0 Å². The monoisotopic (exact) mass is 334 g/mol. The van der Waals surface area contributed by atoms with Crippen LogP contribution >= 0.6 is 22.6 Å². The number of ether oxygens (including phenoxy) is 1. The van der Waals surface area contributed by atoms with Crippen molar-refractivity contribution in [2.75, 3.05) is 7.11 Å². The van der Waals surface area contributed by atoms with Gasteiger partial charge < -0.3 is 9.84 Å². The lowest BCUT2D eigenvalue weighted by atomic mass is 10.1. The Labute approximate surface area is 107 Å². The number of phenols is 1. The van der Waals surface area contributed by atoms with Crippen molar-refractivity contribution in [1.82, 2.24) is 5.43 Å². The fourth-order valence-corrected chi connectivity index (χ4v) is 1.86. The zero-order valence-corrected chi connectivity index (χ0v) is 11.0. The number of aryl methyl sites for hydroxylation is 1. The largest absolute Gasteiger partial charge is 0.507 e. The Morgan fingerprint density at radius 2 is 2.31 bits per heavy atom. The first-order valence-electron chi connectivity index (χ1n) is 4.40. The van der Waals surface area contributed by atoms with Gasteiger partial charge in [0.2, 0.25) is 0 Å². The lowest BCUT2D eigenvalue weighted by molar-refractivity contribution is 0.171. The number of nitrogens with zero attached hydrogens (tertiary/aromatic N) is 1. The number of aromatic hydroxyl groups is 1. The van der Waals surface area contributed by atoms with Gasteiger partial charge in [-0.25, -0.2) is 10.2 Å². The molecule has 0 bridgehead atoms. The Balaban J connectivity index is 2.85. The number of methoxy groups -OCH3 is 1. The third kappa shape index (κ3) is 3.37. The Morgan fingerprint density at radius 3 is 2.94 bits per heavy atom. The molecule has 0 radical (unpaired) electrons. The Morgan fingerprint density at radius 1 is 1.62 bits per heavy atom. The zero-order chi connectivity index (χ0) is 12.1. The standard InChI is InChI=1S/C10H11IN2O3/c1-6-3-8(11)4-7(9(6)14)5-12-13-10(15)16-2/h3-5,14H,1-2H3,(H,13,15)/b12-5+. The maximum Gasteiger partial charge on any atom is 0.427 e. The summed E-state index contributed by atoms with van der Waals surface area (Å²) in [7, 11) is 1.25. The number of rotatable bonds is 2. The molecule has 16 heavy (non-hydrogen) atoms. The number of hydrogen-bond acceptors (Lipinski definition) is 4. The second-order valence-electron chi connectivity index (χ2n) is 3.02. The maximum absolute atomic E-state index is 10.7. The van der Waals surface area contributed by atoms with E-state index in [2.05, 4.69) is 37.9 Å². The van der Waals surface area contributed by atoms with Crippen LogP contribution < -0.4 is 5.43 Å². The van der Waals surface area contributed by atoms with Crippen LogP contribution in [0.1, 0.15) is 11.1 Å². The number of nitrogens with one attached hydrogen (secondary N) is 1. The van der Waals surface area contributed by atoms with E-state index in [1.54, 1.807) is 13.0 Å². The van der Waals surface area contributed by atoms with E-state index < -0.39 is 6.09 Å². The molecule has 2 N–H and O–H groups in total. The summed E-state index contributed by atoms with van der Waals surface area (Å²) < 4.78 is 5.32. The summed E-state index contributed by atoms with van der Waals surface area (Å²) in [5.74, 6) is 0.149. The van der Waals surface area contributed by atoms with Gasteiger partial charge in [-0.2, -0.15) is 5.10 Å². The fraction of sp³-hybridized carbons (Fsp3) is 0.200. The molecule has 1 amide bonds. The normalized spacial score (nSPS) is 10.4. The third-order valence-corrected chi connectivity index (χ3v) is 2.46. The van der Waals surface area contributed by atoms with Crippen LogP contribution in [0.15, 0.2) is 17.2 Å². The fourth-order valence-electron chi connectivity index (χ4n) is 1.06. The third-order valence-electron chi connectivity index (χ3n) is 1.84. The van der Waals surface area contributed by atoms with Crippen molar-refractivity contribution >= 4 is 34.9 Å². The molecular weight excluding hydrogens is 323 g/mol. The molecule has 0 atom stereocenters. The summed E-state index contributed by atoms with van der Waals surface area (Å²) in [6, 6.07) is 3.60. The molecule has 1 rings (SSSR count). The molecule has 0 spiro atoms. The molecule has 0 unspecified atom stereocenters. The first kappa shape index (κ1) is 12.8. The molecule has 6 heteroatoms. The van der Waals surface area contributed by atoms with E-state index >= 15 is 0 Å². The number of phenolic OH excluding ortho intramolecular Hbond substituents is 1. The van der Waals surface area contributed by atoms with Gasteiger partial charge in [-0.15, -0.1) is 0 Å². The number of amides is 1. The predicted octanol–water partition coefficient (Wildman–Crippen LogP) is 2.00. The number of carbonyl (C=O) groups excluding carboxylic acids is 1. The van der Waals surface area contributed by atoms with Gasteiger partial charge in [-0.1, -0.05) is 0 Å². The minimum atomic E-state index is -0.655. The van der Waals surface area contributed by atoms with Crippen molar-refractivity contribution in [3.63, 3.8) is 0 Å². The van der Waals surface area contributed by atoms with Crippen molar-refractivity contribution in [3.05, 3.63) is 26.8 Å². The smallest absolute Gasteiger partial charge is 0.427 e. The summed E-state index contributed by atoms with van der Waals surface area (Å²) in [6.07, 6.45) is 0.708. The Kier molecular flexibility index (Phi) is 4.53. The summed E-state index contributed by atoms with van der Waals surface area (Å²) in [6.45, 7) is 1.79. The maximum atomic E-state index is 10.7. The van der Waals surface area contributed by atoms with E-state index in [-0.39, 0.29) is 5.75 Å². The molecule has 0 aliphatic rings. The second-order valence-corrected chi connectivity index (χ2v) is 4.27. The van der Waals surface area contributed by atoms with E-state index in [1.165, 1.54) is 13.3 Å². The number of benzene rings is 1. The van der Waals surface area contributed by atoms with Gasteiger partial charge in [-0.05, 0) is 47.2 Å². The number of halogens is 1. The van der Waals surface area contributed by atoms with Gasteiger partial charge in [0.15, 0.2) is 0 Å². The molecule has 0 aromatic heterocycles. The number of carbonyl (C=O) groups is 1. The van der Waals surface area contributed by atoms with Gasteiger partial charge in [0.25, 0.3) is 0 Å². The van der Waals surface area contributed by atoms with Gasteiger partial charge >= 0.3 is 6.09 Å². The zero-order valence-electron chi connectivity index (χ0n) is 8.82. The highest BCUT2D eigenvalue weighted by atomic mass is 127. The van der Waals surface area contributed by atoms with Crippen LogP contribution in [-0.4, -0.2) is 24.5 Å². The molecule has 0 fully saturated rings. The quantitative estimate of drug-likeness (QED) is 0.494. The van der Waals surface area contributed by atoms with Crippen LogP contribution in [0.25, 0.3) is 0 Å². The highest BCUT2D eigenvalue weighted by Crippen LogP contribution is 2.23. The first-order valence-corrected chi connectivity index (χ1v) is 5.48. The highest BCUT2D eigenvalue weighted by molar-refractivity contribution is 14.1. The van der Waals surface area contributed by atoms with Crippen LogP contribution in [0.2, 0.25) is 0 Å². The van der Waals surface area contributed by atoms with Gasteiger partial charge in [-0.3, -0.25) is 0 Å². The molecule has 0 heterocycles. The van der Waals surface area contributed by atoms with Crippen molar-refractivity contribution in [2.24, 2.45) is 5.10 Å². The van der Waals surface area contributed by atoms with Crippen molar-refractivity contribution < 1.29 is 14.6 Å². The van der Waals surface area contributed by atoms with Gasteiger partial charge in [0.1, 0.15) is 5.75 Å². The van der Waals surface area contributed by atoms with Crippen molar-refractivity contribution in [2.45, 2.75) is 6.92 Å². The van der Waals surface area contributed by atoms with Crippen molar-refractivity contribution in [3.8, 4) is 5.75 Å². The summed E-state index contributed by atoms with van der Waals surface area (Å²) in [5, 5.41) is 13.3. The molecule has 5 nitrogen and oxygen atoms in total. The second kappa shape index (κ2) is 5.69. The molecule has 0 aliphatic heterocycles. The molecule has 1 aromatic carbocycles. The van der Waals surface area contributed by atoms with Gasteiger partial charge in [0, 0.05) is 9.13 Å². The molecule has 0 saturated heterocycles. The minimum absolute atomic E-state index is 0.149. The number of hydrazone groups is 1. The van der Waals surface area contributed by atoms with E-state index in [0.29, 0.717) is 5.56 Å². The van der Waals surface area contributed by atoms with Crippen LogP contribution in [0, 0.1) is 10.5 Å². The molecule has 0 saturated carbocycles. The van der Waals surface area contributed by atoms with Crippen molar-refractivity contribution in [1.29, 1.82) is 0 Å². The van der Waals surface area contributed by atoms with Crippen LogP contribution in [0.4, 0.5) is 4.79 Å². The van der Waals surface area contributed by atoms with Crippen LogP contribution in [0.5, 0.6) is 5.75 Å². The Bertz CT molecular complexity index is 432. The summed E-state index contributed by atoms with van der Waals surface area (Å²) in [4.78, 5) is 10.7. The number of hydrogen-bond donors (Lipinski definition) is 2. The molecule has 0 aliphatic carbocycles. The van der Waals surface area contributed by atoms with Gasteiger partial charge in [0.05, 0.1) is 13.3 Å². The molecule has 1 aromatic rings. The summed E-state index contributed by atoms with van der Waals surface area (Å²) in [5.41, 5.74) is 3.44. The van der Waals surface area contributed by atoms with E-state index in [0.717, 1.165) is 9.13 Å². The van der Waals surface area contributed by atoms with E-state index in [4.69, 9.17) is 0 Å². The van der Waals surface area contributed by atoms with E-state index in [9.17, 15) is 9.90 Å². The SMILES string of the molecule is COC(=O)N/N=C/c1cc(I)cc(C)c1O. The van der Waals surface area contributed by atoms with Crippen LogP contribution in [-0.2, 0) is 4.74 Å². The minimum Gasteiger partial charge on any atom is -0.507 e. The lowest BCUT2D eigenvalue weighted by Crippen LogP contribution is -2.16. The lowest BCUT2D eigenvalue weighted by Gasteiger charge is -2.03. The topological polar surface area (TPSA) is 70.9 Å². The summed E-state index contributed by atoms with van der Waals surface area (Å²) >= 11 is 2.14. The molecular formula is C10H11IN2O3. The average molecular weight is 334 g/mol. The Hall–Kier alpha value is -1.31. The predicted molar refractivity (Wildman–Crippen MR) is 68.7 cm³/mol. The highest BCUT2D eigenvalue weighted by Gasteiger charge is 2.04. The van der Waals surface area contributed by atoms with E-state index in [1.807, 2.05) is 6.07 Å². The molecule has 86 valence electrons. The average Bonchev–Trinajstić information content (AvgIpc) is 2.24.